The van der Waals surface area contributed by atoms with Crippen LogP contribution in [0.4, 0.5) is 0 Å². The quantitative estimate of drug-likeness (QED) is 0.586. The summed E-state index contributed by atoms with van der Waals surface area (Å²) in [5, 5.41) is 8.84. The molecule has 1 fully saturated rings. The van der Waals surface area contributed by atoms with Gasteiger partial charge in [0.1, 0.15) is 6.07 Å². The number of hydrogen-bond acceptors (Lipinski definition) is 2. The van der Waals surface area contributed by atoms with Gasteiger partial charge in [0.15, 0.2) is 0 Å². The van der Waals surface area contributed by atoms with Crippen molar-refractivity contribution in [3.63, 3.8) is 0 Å². The average molecular weight is 341 g/mol. The van der Waals surface area contributed by atoms with Crippen molar-refractivity contribution in [2.45, 2.75) is 25.7 Å². The molecule has 0 N–H and O–H groups in total. The predicted molar refractivity (Wildman–Crippen MR) is 75.7 cm³/mol. The lowest BCUT2D eigenvalue weighted by molar-refractivity contribution is 0.122. The van der Waals surface area contributed by atoms with Crippen LogP contribution in [-0.2, 0) is 11.2 Å². The molecule has 0 spiro atoms. The van der Waals surface area contributed by atoms with Crippen LogP contribution in [0.25, 0.3) is 0 Å². The highest BCUT2D eigenvalue weighted by Gasteiger charge is 2.20. The molecule has 0 aliphatic heterocycles. The Hall–Kier alpha value is -0.600. The Morgan fingerprint density at radius 1 is 1.41 bits per heavy atom. The van der Waals surface area contributed by atoms with Gasteiger partial charge in [0, 0.05) is 16.8 Å². The molecule has 3 heteroatoms. The van der Waals surface area contributed by atoms with E-state index in [2.05, 4.69) is 34.7 Å². The van der Waals surface area contributed by atoms with Crippen LogP contribution < -0.4 is 0 Å². The summed E-state index contributed by atoms with van der Waals surface area (Å²) >= 11 is 2.22. The number of rotatable bonds is 6. The first kappa shape index (κ1) is 12.8. The van der Waals surface area contributed by atoms with Gasteiger partial charge >= 0.3 is 0 Å². The van der Waals surface area contributed by atoms with Crippen molar-refractivity contribution in [2.24, 2.45) is 5.92 Å². The van der Waals surface area contributed by atoms with Crippen LogP contribution in [0, 0.1) is 20.8 Å². The lowest BCUT2D eigenvalue weighted by Gasteiger charge is -2.04. The van der Waals surface area contributed by atoms with E-state index >= 15 is 0 Å². The van der Waals surface area contributed by atoms with Crippen molar-refractivity contribution < 1.29 is 4.74 Å². The van der Waals surface area contributed by atoms with Gasteiger partial charge in [-0.2, -0.15) is 5.26 Å². The Bertz CT molecular complexity index is 421. The molecule has 0 aromatic heterocycles. The first-order valence-electron chi connectivity index (χ1n) is 6.06. The molecule has 90 valence electrons. The molecule has 0 heterocycles. The summed E-state index contributed by atoms with van der Waals surface area (Å²) in [6, 6.07) is 8.23. The maximum atomic E-state index is 8.84. The summed E-state index contributed by atoms with van der Waals surface area (Å²) in [4.78, 5) is 0. The molecule has 0 radical (unpaired) electrons. The van der Waals surface area contributed by atoms with E-state index in [-0.39, 0.29) is 0 Å². The minimum Gasteiger partial charge on any atom is -0.381 e. The van der Waals surface area contributed by atoms with Crippen LogP contribution in [0.3, 0.4) is 0 Å². The van der Waals surface area contributed by atoms with Crippen LogP contribution in [-0.4, -0.2) is 13.2 Å². The molecule has 1 aliphatic carbocycles. The summed E-state index contributed by atoms with van der Waals surface area (Å²) in [5.41, 5.74) is 2.06. The summed E-state index contributed by atoms with van der Waals surface area (Å²) in [6.45, 7) is 1.80. The Morgan fingerprint density at radius 3 is 2.88 bits per heavy atom. The Balaban J connectivity index is 1.70. The van der Waals surface area contributed by atoms with Crippen LogP contribution in [0.15, 0.2) is 18.2 Å². The van der Waals surface area contributed by atoms with E-state index in [0.717, 1.165) is 41.1 Å². The zero-order chi connectivity index (χ0) is 12.1. The molecule has 1 aliphatic rings. The topological polar surface area (TPSA) is 33.0 Å². The van der Waals surface area contributed by atoms with E-state index in [4.69, 9.17) is 10.00 Å². The lowest BCUT2D eigenvalue weighted by Crippen LogP contribution is -2.00. The second-order valence-electron chi connectivity index (χ2n) is 4.55. The number of ether oxygens (including phenoxy) is 1. The second kappa shape index (κ2) is 6.36. The molecule has 0 unspecified atom stereocenters. The maximum absolute atomic E-state index is 8.84. The summed E-state index contributed by atoms with van der Waals surface area (Å²) in [5.74, 6) is 0.853. The minimum atomic E-state index is 0.763. The van der Waals surface area contributed by atoms with Crippen molar-refractivity contribution >= 4 is 22.6 Å². The average Bonchev–Trinajstić information content (AvgIpc) is 3.13. The van der Waals surface area contributed by atoms with Gasteiger partial charge in [-0.1, -0.05) is 6.07 Å². The zero-order valence-corrected chi connectivity index (χ0v) is 11.9. The van der Waals surface area contributed by atoms with Gasteiger partial charge in [-0.25, -0.2) is 0 Å². The zero-order valence-electron chi connectivity index (χ0n) is 9.79. The van der Waals surface area contributed by atoms with E-state index in [1.54, 1.807) is 0 Å². The summed E-state index contributed by atoms with van der Waals surface area (Å²) in [7, 11) is 0. The molecule has 0 atom stereocenters. The van der Waals surface area contributed by atoms with Gasteiger partial charge in [0.25, 0.3) is 0 Å². The van der Waals surface area contributed by atoms with Crippen molar-refractivity contribution in [2.75, 3.05) is 13.2 Å². The van der Waals surface area contributed by atoms with Crippen LogP contribution >= 0.6 is 22.6 Å². The molecular weight excluding hydrogens is 325 g/mol. The van der Waals surface area contributed by atoms with Gasteiger partial charge in [-0.05, 0) is 71.9 Å². The number of nitrogens with zero attached hydrogens (tertiary/aromatic N) is 1. The van der Waals surface area contributed by atoms with E-state index in [1.807, 2.05) is 12.1 Å². The van der Waals surface area contributed by atoms with Gasteiger partial charge in [-0.15, -0.1) is 0 Å². The van der Waals surface area contributed by atoms with E-state index in [9.17, 15) is 0 Å². The van der Waals surface area contributed by atoms with Crippen LogP contribution in [0.1, 0.15) is 30.4 Å². The number of aryl methyl sites for hydroxylation is 1. The molecule has 0 bridgehead atoms. The molecule has 2 rings (SSSR count). The number of halogens is 1. The molecule has 1 aromatic rings. The van der Waals surface area contributed by atoms with Crippen LogP contribution in [0.5, 0.6) is 0 Å². The molecule has 0 amide bonds. The fourth-order valence-corrected chi connectivity index (χ4v) is 2.42. The fraction of sp³-hybridized carbons (Fsp3) is 0.500. The third-order valence-electron chi connectivity index (χ3n) is 2.96. The van der Waals surface area contributed by atoms with Gasteiger partial charge in [-0.3, -0.25) is 0 Å². The lowest BCUT2D eigenvalue weighted by atomic mass is 10.1. The number of hydrogen-bond donors (Lipinski definition) is 0. The third kappa shape index (κ3) is 4.29. The van der Waals surface area contributed by atoms with Gasteiger partial charge < -0.3 is 4.74 Å². The van der Waals surface area contributed by atoms with E-state index < -0.39 is 0 Å². The molecule has 0 saturated heterocycles. The van der Waals surface area contributed by atoms with Crippen molar-refractivity contribution in [1.29, 1.82) is 5.26 Å². The van der Waals surface area contributed by atoms with Crippen LogP contribution in [0.2, 0.25) is 0 Å². The van der Waals surface area contributed by atoms with E-state index in [1.165, 1.54) is 18.4 Å². The molecule has 1 aromatic carbocycles. The standard InChI is InChI=1S/C14H16INO/c15-14-8-11(5-6-13(14)9-16)2-1-7-17-10-12-3-4-12/h5-6,8,12H,1-4,7,10H2. The smallest absolute Gasteiger partial charge is 0.100 e. The highest BCUT2D eigenvalue weighted by molar-refractivity contribution is 14.1. The second-order valence-corrected chi connectivity index (χ2v) is 5.71. The predicted octanol–water partition coefficient (Wildman–Crippen LogP) is 3.52. The Morgan fingerprint density at radius 2 is 2.24 bits per heavy atom. The Labute approximate surface area is 116 Å². The first-order valence-corrected chi connectivity index (χ1v) is 7.14. The van der Waals surface area contributed by atoms with Crippen molar-refractivity contribution in [3.8, 4) is 6.07 Å². The third-order valence-corrected chi connectivity index (χ3v) is 3.85. The summed E-state index contributed by atoms with van der Waals surface area (Å²) in [6.07, 6.45) is 4.81. The summed E-state index contributed by atoms with van der Waals surface area (Å²) < 4.78 is 6.64. The molecule has 17 heavy (non-hydrogen) atoms. The van der Waals surface area contributed by atoms with E-state index in [0.29, 0.717) is 0 Å². The largest absolute Gasteiger partial charge is 0.381 e. The minimum absolute atomic E-state index is 0.763. The monoisotopic (exact) mass is 341 g/mol. The molecular formula is C14H16INO. The number of nitriles is 1. The van der Waals surface area contributed by atoms with Crippen molar-refractivity contribution in [3.05, 3.63) is 32.9 Å². The number of benzene rings is 1. The first-order chi connectivity index (χ1) is 8.29. The fourth-order valence-electron chi connectivity index (χ4n) is 1.72. The SMILES string of the molecule is N#Cc1ccc(CCCOCC2CC2)cc1I. The highest BCUT2D eigenvalue weighted by atomic mass is 127. The Kier molecular flexibility index (Phi) is 4.81. The highest BCUT2D eigenvalue weighted by Crippen LogP contribution is 2.28. The van der Waals surface area contributed by atoms with Gasteiger partial charge in [0.05, 0.1) is 5.56 Å². The van der Waals surface area contributed by atoms with Gasteiger partial charge in [0.2, 0.25) is 0 Å². The van der Waals surface area contributed by atoms with Crippen molar-refractivity contribution in [1.82, 2.24) is 0 Å². The molecule has 2 nitrogen and oxygen atoms in total. The molecule has 1 saturated carbocycles. The normalized spacial score (nSPS) is 14.6. The maximum Gasteiger partial charge on any atom is 0.100 e.